The van der Waals surface area contributed by atoms with Gasteiger partial charge in [-0.15, -0.1) is 0 Å². The Morgan fingerprint density at radius 1 is 1.18 bits per heavy atom. The average Bonchev–Trinajstić information content (AvgIpc) is 2.48. The van der Waals surface area contributed by atoms with Gasteiger partial charge in [-0.2, -0.15) is 0 Å². The van der Waals surface area contributed by atoms with E-state index in [1.807, 2.05) is 75.4 Å². The second-order valence-electron chi connectivity index (χ2n) is 5.76. The van der Waals surface area contributed by atoms with Crippen LogP contribution in [0.25, 0.3) is 0 Å². The van der Waals surface area contributed by atoms with E-state index in [1.54, 1.807) is 0 Å². The van der Waals surface area contributed by atoms with Crippen molar-refractivity contribution in [2.75, 3.05) is 19.0 Å². The lowest BCUT2D eigenvalue weighted by Gasteiger charge is -2.15. The molecule has 1 atom stereocenters. The van der Waals surface area contributed by atoms with Gasteiger partial charge in [0.25, 0.3) is 0 Å². The molecule has 0 unspecified atom stereocenters. The van der Waals surface area contributed by atoms with E-state index in [2.05, 4.69) is 10.3 Å². The molecule has 0 aliphatic rings. The number of aromatic nitrogens is 1. The van der Waals surface area contributed by atoms with E-state index in [4.69, 9.17) is 0 Å². The van der Waals surface area contributed by atoms with Crippen molar-refractivity contribution >= 4 is 11.6 Å². The van der Waals surface area contributed by atoms with Gasteiger partial charge in [0, 0.05) is 31.7 Å². The molecule has 4 heteroatoms. The summed E-state index contributed by atoms with van der Waals surface area (Å²) < 4.78 is 0. The molecule has 0 radical (unpaired) electrons. The Morgan fingerprint density at radius 3 is 2.41 bits per heavy atom. The zero-order chi connectivity index (χ0) is 16.1. The fourth-order valence-corrected chi connectivity index (χ4v) is 2.21. The molecule has 1 N–H and O–H groups in total. The molecule has 2 rings (SSSR count). The number of anilines is 1. The number of amides is 1. The van der Waals surface area contributed by atoms with Gasteiger partial charge in [0.1, 0.15) is 0 Å². The lowest BCUT2D eigenvalue weighted by Crippen LogP contribution is -2.28. The van der Waals surface area contributed by atoms with Crippen LogP contribution in [-0.2, 0) is 11.2 Å². The maximum absolute atomic E-state index is 12.1. The molecule has 0 aliphatic heterocycles. The Balaban J connectivity index is 1.93. The van der Waals surface area contributed by atoms with Gasteiger partial charge in [-0.3, -0.25) is 9.78 Å². The molecule has 4 nitrogen and oxygen atoms in total. The molecule has 22 heavy (non-hydrogen) atoms. The van der Waals surface area contributed by atoms with Crippen molar-refractivity contribution in [2.45, 2.75) is 26.3 Å². The molecule has 0 bridgehead atoms. The minimum Gasteiger partial charge on any atom is -0.378 e. The molecular formula is C18H23N3O. The van der Waals surface area contributed by atoms with Gasteiger partial charge in [0.15, 0.2) is 0 Å². The number of benzene rings is 1. The minimum atomic E-state index is -0.0401. The lowest BCUT2D eigenvalue weighted by atomic mass is 10.1. The monoisotopic (exact) mass is 297 g/mol. The highest BCUT2D eigenvalue weighted by Gasteiger charge is 2.10. The van der Waals surface area contributed by atoms with Gasteiger partial charge in [0.2, 0.25) is 5.91 Å². The molecular weight excluding hydrogens is 274 g/mol. The van der Waals surface area contributed by atoms with E-state index in [0.29, 0.717) is 6.42 Å². The van der Waals surface area contributed by atoms with Crippen LogP contribution in [0.4, 0.5) is 5.69 Å². The summed E-state index contributed by atoms with van der Waals surface area (Å²) in [7, 11) is 4.00. The van der Waals surface area contributed by atoms with Crippen LogP contribution in [0.2, 0.25) is 0 Å². The van der Waals surface area contributed by atoms with Crippen LogP contribution in [0.1, 0.15) is 29.8 Å². The highest BCUT2D eigenvalue weighted by molar-refractivity contribution is 5.79. The number of carbonyl (C=O) groups excluding carboxylic acids is 1. The topological polar surface area (TPSA) is 45.2 Å². The van der Waals surface area contributed by atoms with Crippen LogP contribution in [0.5, 0.6) is 0 Å². The van der Waals surface area contributed by atoms with Gasteiger partial charge in [-0.05, 0) is 43.2 Å². The Labute approximate surface area is 132 Å². The average molecular weight is 297 g/mol. The van der Waals surface area contributed by atoms with Crippen molar-refractivity contribution in [1.82, 2.24) is 10.3 Å². The summed E-state index contributed by atoms with van der Waals surface area (Å²) in [4.78, 5) is 18.4. The zero-order valence-corrected chi connectivity index (χ0v) is 13.6. The summed E-state index contributed by atoms with van der Waals surface area (Å²) in [6, 6.07) is 11.9. The predicted molar refractivity (Wildman–Crippen MR) is 90.0 cm³/mol. The van der Waals surface area contributed by atoms with E-state index < -0.39 is 0 Å². The van der Waals surface area contributed by atoms with Gasteiger partial charge in [-0.1, -0.05) is 18.2 Å². The molecule has 0 aliphatic carbocycles. The first-order valence-electron chi connectivity index (χ1n) is 7.44. The van der Waals surface area contributed by atoms with E-state index in [1.165, 1.54) is 0 Å². The summed E-state index contributed by atoms with van der Waals surface area (Å²) >= 11 is 0. The van der Waals surface area contributed by atoms with E-state index in [-0.39, 0.29) is 11.9 Å². The number of rotatable bonds is 5. The summed E-state index contributed by atoms with van der Waals surface area (Å²) in [5.41, 5.74) is 4.13. The van der Waals surface area contributed by atoms with Crippen LogP contribution >= 0.6 is 0 Å². The highest BCUT2D eigenvalue weighted by atomic mass is 16.1. The van der Waals surface area contributed by atoms with Gasteiger partial charge >= 0.3 is 0 Å². The number of aryl methyl sites for hydroxylation is 1. The first kappa shape index (κ1) is 16.0. The fourth-order valence-electron chi connectivity index (χ4n) is 2.21. The van der Waals surface area contributed by atoms with E-state index in [9.17, 15) is 4.79 Å². The van der Waals surface area contributed by atoms with Crippen LogP contribution in [0.15, 0.2) is 42.6 Å². The van der Waals surface area contributed by atoms with E-state index >= 15 is 0 Å². The Morgan fingerprint density at radius 2 is 1.86 bits per heavy atom. The number of nitrogens with one attached hydrogen (secondary N) is 1. The normalized spacial score (nSPS) is 11.8. The molecule has 0 saturated carbocycles. The summed E-state index contributed by atoms with van der Waals surface area (Å²) in [5, 5.41) is 3.01. The first-order valence-corrected chi connectivity index (χ1v) is 7.44. The summed E-state index contributed by atoms with van der Waals surface area (Å²) in [6.45, 7) is 3.92. The van der Waals surface area contributed by atoms with Crippen molar-refractivity contribution in [3.63, 3.8) is 0 Å². The summed E-state index contributed by atoms with van der Waals surface area (Å²) in [6.07, 6.45) is 2.20. The van der Waals surface area contributed by atoms with Gasteiger partial charge in [-0.25, -0.2) is 0 Å². The smallest absolute Gasteiger partial charge is 0.224 e. The second-order valence-corrected chi connectivity index (χ2v) is 5.76. The van der Waals surface area contributed by atoms with Crippen molar-refractivity contribution in [3.05, 3.63) is 59.4 Å². The third-order valence-corrected chi connectivity index (χ3v) is 3.63. The minimum absolute atomic E-state index is 0.0191. The SMILES string of the molecule is Cc1ccc([C@H](C)NC(=O)Cc2ccc(N(C)C)cc2)cn1. The van der Waals surface area contributed by atoms with Crippen molar-refractivity contribution in [1.29, 1.82) is 0 Å². The Hall–Kier alpha value is -2.36. The highest BCUT2D eigenvalue weighted by Crippen LogP contribution is 2.14. The number of hydrogen-bond donors (Lipinski definition) is 1. The predicted octanol–water partition coefficient (Wildman–Crippen LogP) is 2.88. The summed E-state index contributed by atoms with van der Waals surface area (Å²) in [5.74, 6) is 0.0191. The first-order chi connectivity index (χ1) is 10.5. The van der Waals surface area contributed by atoms with Crippen molar-refractivity contribution < 1.29 is 4.79 Å². The number of carbonyl (C=O) groups is 1. The standard InChI is InChI=1S/C18H23N3O/c1-13-5-8-16(12-19-13)14(2)20-18(22)11-15-6-9-17(10-7-15)21(3)4/h5-10,12,14H,11H2,1-4H3,(H,20,22)/t14-/m0/s1. The Bertz CT molecular complexity index is 618. The largest absolute Gasteiger partial charge is 0.378 e. The zero-order valence-electron chi connectivity index (χ0n) is 13.6. The molecule has 0 fully saturated rings. The molecule has 1 aromatic carbocycles. The molecule has 1 heterocycles. The number of pyridine rings is 1. The van der Waals surface area contributed by atoms with E-state index in [0.717, 1.165) is 22.5 Å². The molecule has 1 aromatic heterocycles. The second kappa shape index (κ2) is 7.07. The number of hydrogen-bond acceptors (Lipinski definition) is 3. The third-order valence-electron chi connectivity index (χ3n) is 3.63. The van der Waals surface area contributed by atoms with Gasteiger partial charge in [0.05, 0.1) is 12.5 Å². The van der Waals surface area contributed by atoms with Crippen LogP contribution in [0, 0.1) is 6.92 Å². The molecule has 2 aromatic rings. The molecule has 116 valence electrons. The lowest BCUT2D eigenvalue weighted by molar-refractivity contribution is -0.121. The van der Waals surface area contributed by atoms with Crippen LogP contribution in [0.3, 0.4) is 0 Å². The van der Waals surface area contributed by atoms with Gasteiger partial charge < -0.3 is 10.2 Å². The maximum Gasteiger partial charge on any atom is 0.224 e. The quantitative estimate of drug-likeness (QED) is 0.923. The molecule has 0 saturated heterocycles. The van der Waals surface area contributed by atoms with Crippen molar-refractivity contribution in [3.8, 4) is 0 Å². The maximum atomic E-state index is 12.1. The molecule has 0 spiro atoms. The van der Waals surface area contributed by atoms with Crippen LogP contribution < -0.4 is 10.2 Å². The van der Waals surface area contributed by atoms with Crippen LogP contribution in [-0.4, -0.2) is 25.0 Å². The fraction of sp³-hybridized carbons (Fsp3) is 0.333. The number of nitrogens with zero attached hydrogens (tertiary/aromatic N) is 2. The molecule has 1 amide bonds. The third kappa shape index (κ3) is 4.32. The van der Waals surface area contributed by atoms with Crippen molar-refractivity contribution in [2.24, 2.45) is 0 Å². The Kier molecular flexibility index (Phi) is 5.15.